The molecule has 0 unspecified atom stereocenters. The number of rotatable bonds is 1. The van der Waals surface area contributed by atoms with Gasteiger partial charge in [-0.1, -0.05) is 17.7 Å². The van der Waals surface area contributed by atoms with E-state index in [9.17, 15) is 4.79 Å². The Balaban J connectivity index is 2.43. The minimum atomic E-state index is -0.0747. The van der Waals surface area contributed by atoms with Gasteiger partial charge in [-0.2, -0.15) is 5.10 Å². The Bertz CT molecular complexity index is 541. The molecule has 3 heteroatoms. The lowest BCUT2D eigenvalue weighted by atomic mass is 10.1. The predicted octanol–water partition coefficient (Wildman–Crippen LogP) is 2.50. The van der Waals surface area contributed by atoms with Crippen molar-refractivity contribution in [1.29, 1.82) is 0 Å². The maximum atomic E-state index is 12.1. The summed E-state index contributed by atoms with van der Waals surface area (Å²) < 4.78 is 1.45. The molecule has 82 valence electrons. The van der Waals surface area contributed by atoms with E-state index in [2.05, 4.69) is 5.10 Å². The molecule has 0 bridgehead atoms. The average molecular weight is 214 g/mol. The van der Waals surface area contributed by atoms with Gasteiger partial charge >= 0.3 is 0 Å². The zero-order valence-electron chi connectivity index (χ0n) is 9.69. The van der Waals surface area contributed by atoms with Crippen molar-refractivity contribution in [3.63, 3.8) is 0 Å². The van der Waals surface area contributed by atoms with E-state index in [1.807, 2.05) is 51.1 Å². The van der Waals surface area contributed by atoms with Crippen LogP contribution in [0, 0.1) is 20.8 Å². The summed E-state index contributed by atoms with van der Waals surface area (Å²) >= 11 is 0. The fraction of sp³-hybridized carbons (Fsp3) is 0.231. The molecule has 0 amide bonds. The van der Waals surface area contributed by atoms with Gasteiger partial charge in [-0.15, -0.1) is 0 Å². The first kappa shape index (κ1) is 10.6. The van der Waals surface area contributed by atoms with Crippen molar-refractivity contribution >= 4 is 5.91 Å². The third-order valence-corrected chi connectivity index (χ3v) is 2.47. The first-order chi connectivity index (χ1) is 7.58. The maximum Gasteiger partial charge on any atom is 0.278 e. The molecule has 0 saturated carbocycles. The number of benzene rings is 1. The fourth-order valence-electron chi connectivity index (χ4n) is 1.73. The van der Waals surface area contributed by atoms with Gasteiger partial charge in [-0.05, 0) is 39.0 Å². The monoisotopic (exact) mass is 214 g/mol. The van der Waals surface area contributed by atoms with E-state index in [1.54, 1.807) is 0 Å². The molecule has 16 heavy (non-hydrogen) atoms. The molecule has 0 radical (unpaired) electrons. The van der Waals surface area contributed by atoms with Crippen molar-refractivity contribution in [3.05, 3.63) is 52.8 Å². The van der Waals surface area contributed by atoms with Crippen LogP contribution in [0.2, 0.25) is 0 Å². The van der Waals surface area contributed by atoms with E-state index in [1.165, 1.54) is 4.68 Å². The van der Waals surface area contributed by atoms with Crippen LogP contribution in [-0.2, 0) is 0 Å². The van der Waals surface area contributed by atoms with Gasteiger partial charge in [0.05, 0.1) is 5.69 Å². The lowest BCUT2D eigenvalue weighted by molar-refractivity contribution is 0.0942. The molecule has 3 nitrogen and oxygen atoms in total. The molecule has 2 aromatic rings. The number of hydrogen-bond acceptors (Lipinski definition) is 2. The Morgan fingerprint density at radius 3 is 2.50 bits per heavy atom. The summed E-state index contributed by atoms with van der Waals surface area (Å²) in [4.78, 5) is 12.1. The number of hydrogen-bond donors (Lipinski definition) is 0. The summed E-state index contributed by atoms with van der Waals surface area (Å²) in [6.45, 7) is 5.73. The number of carbonyl (C=O) groups is 1. The summed E-state index contributed by atoms with van der Waals surface area (Å²) in [5.41, 5.74) is 3.47. The zero-order chi connectivity index (χ0) is 11.7. The number of aromatic nitrogens is 2. The lowest BCUT2D eigenvalue weighted by Gasteiger charge is -2.03. The molecule has 0 N–H and O–H groups in total. The van der Waals surface area contributed by atoms with Crippen LogP contribution < -0.4 is 0 Å². The highest BCUT2D eigenvalue weighted by molar-refractivity contribution is 5.95. The van der Waals surface area contributed by atoms with Gasteiger partial charge in [-0.25, -0.2) is 4.68 Å². The van der Waals surface area contributed by atoms with Crippen molar-refractivity contribution < 1.29 is 4.79 Å². The topological polar surface area (TPSA) is 34.9 Å². The molecule has 0 aliphatic heterocycles. The van der Waals surface area contributed by atoms with Crippen LogP contribution in [0.25, 0.3) is 0 Å². The summed E-state index contributed by atoms with van der Waals surface area (Å²) in [6.07, 6.45) is 0. The fourth-order valence-corrected chi connectivity index (χ4v) is 1.73. The Morgan fingerprint density at radius 2 is 1.94 bits per heavy atom. The van der Waals surface area contributed by atoms with Crippen molar-refractivity contribution in [2.75, 3.05) is 0 Å². The molecule has 1 aromatic heterocycles. The molecule has 1 aromatic carbocycles. The molecule has 0 aliphatic carbocycles. The number of nitrogens with zero attached hydrogens (tertiary/aromatic N) is 2. The Hall–Kier alpha value is -1.90. The second-order valence-electron chi connectivity index (χ2n) is 4.01. The van der Waals surface area contributed by atoms with Gasteiger partial charge in [0.25, 0.3) is 5.91 Å². The van der Waals surface area contributed by atoms with E-state index in [0.29, 0.717) is 5.56 Å². The molecular formula is C13H14N2O. The average Bonchev–Trinajstić information content (AvgIpc) is 2.57. The Morgan fingerprint density at radius 1 is 1.19 bits per heavy atom. The van der Waals surface area contributed by atoms with Crippen LogP contribution in [0.4, 0.5) is 0 Å². The quantitative estimate of drug-likeness (QED) is 0.731. The molecule has 0 saturated heterocycles. The summed E-state index contributed by atoms with van der Waals surface area (Å²) in [5, 5.41) is 4.18. The normalized spacial score (nSPS) is 10.4. The van der Waals surface area contributed by atoms with Crippen LogP contribution in [-0.4, -0.2) is 15.7 Å². The summed E-state index contributed by atoms with van der Waals surface area (Å²) in [7, 11) is 0. The molecule has 0 spiro atoms. The van der Waals surface area contributed by atoms with E-state index < -0.39 is 0 Å². The van der Waals surface area contributed by atoms with Crippen molar-refractivity contribution in [2.24, 2.45) is 0 Å². The van der Waals surface area contributed by atoms with Crippen molar-refractivity contribution in [2.45, 2.75) is 20.8 Å². The second-order valence-corrected chi connectivity index (χ2v) is 4.01. The third-order valence-electron chi connectivity index (χ3n) is 2.47. The molecule has 2 rings (SSSR count). The second kappa shape index (κ2) is 3.93. The predicted molar refractivity (Wildman–Crippen MR) is 62.6 cm³/mol. The van der Waals surface area contributed by atoms with Crippen LogP contribution in [0.5, 0.6) is 0 Å². The first-order valence-electron chi connectivity index (χ1n) is 5.22. The number of aryl methyl sites for hydroxylation is 3. The van der Waals surface area contributed by atoms with Gasteiger partial charge in [0.1, 0.15) is 0 Å². The van der Waals surface area contributed by atoms with Crippen molar-refractivity contribution in [3.8, 4) is 0 Å². The van der Waals surface area contributed by atoms with E-state index in [4.69, 9.17) is 0 Å². The van der Waals surface area contributed by atoms with E-state index in [0.717, 1.165) is 17.0 Å². The summed E-state index contributed by atoms with van der Waals surface area (Å²) in [5.74, 6) is -0.0747. The zero-order valence-corrected chi connectivity index (χ0v) is 9.69. The van der Waals surface area contributed by atoms with E-state index in [-0.39, 0.29) is 5.91 Å². The summed E-state index contributed by atoms with van der Waals surface area (Å²) in [6, 6.07) is 9.44. The molecular weight excluding hydrogens is 200 g/mol. The van der Waals surface area contributed by atoms with Gasteiger partial charge in [0, 0.05) is 11.3 Å². The smallest absolute Gasteiger partial charge is 0.267 e. The maximum absolute atomic E-state index is 12.1. The highest BCUT2D eigenvalue weighted by Crippen LogP contribution is 2.09. The van der Waals surface area contributed by atoms with Crippen LogP contribution in [0.3, 0.4) is 0 Å². The minimum absolute atomic E-state index is 0.0747. The third kappa shape index (κ3) is 1.89. The van der Waals surface area contributed by atoms with Gasteiger partial charge in [-0.3, -0.25) is 4.79 Å². The van der Waals surface area contributed by atoms with Gasteiger partial charge < -0.3 is 0 Å². The molecule has 0 fully saturated rings. The molecule has 0 aliphatic rings. The SMILES string of the molecule is Cc1cccc(C(=O)n2nc(C)cc2C)c1. The van der Waals surface area contributed by atoms with Crippen molar-refractivity contribution in [1.82, 2.24) is 9.78 Å². The molecule has 0 atom stereocenters. The Kier molecular flexibility index (Phi) is 2.60. The van der Waals surface area contributed by atoms with Crippen LogP contribution >= 0.6 is 0 Å². The van der Waals surface area contributed by atoms with E-state index >= 15 is 0 Å². The molecule has 1 heterocycles. The van der Waals surface area contributed by atoms with Crippen LogP contribution in [0.1, 0.15) is 27.3 Å². The largest absolute Gasteiger partial charge is 0.278 e. The lowest BCUT2D eigenvalue weighted by Crippen LogP contribution is -2.15. The highest BCUT2D eigenvalue weighted by Gasteiger charge is 2.12. The Labute approximate surface area is 94.7 Å². The van der Waals surface area contributed by atoms with Crippen LogP contribution in [0.15, 0.2) is 30.3 Å². The standard InChI is InChI=1S/C13H14N2O/c1-9-5-4-6-12(7-9)13(16)15-11(3)8-10(2)14-15/h4-8H,1-3H3. The number of carbonyl (C=O) groups excluding carboxylic acids is 1. The van der Waals surface area contributed by atoms with Gasteiger partial charge in [0.15, 0.2) is 0 Å². The van der Waals surface area contributed by atoms with Gasteiger partial charge in [0.2, 0.25) is 0 Å². The first-order valence-corrected chi connectivity index (χ1v) is 5.22. The highest BCUT2D eigenvalue weighted by atomic mass is 16.2. The minimum Gasteiger partial charge on any atom is -0.267 e.